The molecular formula is C21H20Cl2N2O5S. The molecule has 0 atom stereocenters. The van der Waals surface area contributed by atoms with Crippen molar-refractivity contribution in [2.24, 2.45) is 0 Å². The van der Waals surface area contributed by atoms with Gasteiger partial charge in [0.2, 0.25) is 15.9 Å². The van der Waals surface area contributed by atoms with E-state index in [0.717, 1.165) is 5.56 Å². The van der Waals surface area contributed by atoms with E-state index in [-0.39, 0.29) is 39.8 Å². The SMILES string of the molecule is O=C1OC2(CCN(C(=O)CCNS(=O)(=O)c3c(Cl)cccc3Cl)CC2)c2ccccc21. The molecule has 31 heavy (non-hydrogen) atoms. The summed E-state index contributed by atoms with van der Waals surface area (Å²) in [6.07, 6.45) is 0.996. The third-order valence-corrected chi connectivity index (χ3v) is 8.08. The van der Waals surface area contributed by atoms with Crippen molar-refractivity contribution in [3.05, 3.63) is 63.6 Å². The molecule has 1 spiro atoms. The number of halogens is 2. The number of benzene rings is 2. The Bertz CT molecular complexity index is 1120. The number of fused-ring (bicyclic) bond motifs is 2. The van der Waals surface area contributed by atoms with Crippen LogP contribution in [0.4, 0.5) is 0 Å². The van der Waals surface area contributed by atoms with Crippen LogP contribution in [0, 0.1) is 0 Å². The van der Waals surface area contributed by atoms with Crippen LogP contribution in [0.25, 0.3) is 0 Å². The van der Waals surface area contributed by atoms with Crippen LogP contribution in [0.5, 0.6) is 0 Å². The highest BCUT2D eigenvalue weighted by atomic mass is 35.5. The van der Waals surface area contributed by atoms with Crippen LogP contribution in [-0.2, 0) is 25.2 Å². The summed E-state index contributed by atoms with van der Waals surface area (Å²) in [7, 11) is -3.95. The van der Waals surface area contributed by atoms with Gasteiger partial charge in [0.1, 0.15) is 10.5 Å². The molecule has 2 aromatic carbocycles. The van der Waals surface area contributed by atoms with Gasteiger partial charge in [-0.1, -0.05) is 47.5 Å². The second-order valence-corrected chi connectivity index (χ2v) is 10.0. The van der Waals surface area contributed by atoms with Gasteiger partial charge < -0.3 is 9.64 Å². The van der Waals surface area contributed by atoms with Crippen LogP contribution in [-0.4, -0.2) is 44.8 Å². The summed E-state index contributed by atoms with van der Waals surface area (Å²) in [5.74, 6) is -0.511. The molecule has 1 N–H and O–H groups in total. The van der Waals surface area contributed by atoms with Crippen LogP contribution < -0.4 is 4.72 Å². The zero-order valence-electron chi connectivity index (χ0n) is 16.4. The molecule has 0 aromatic heterocycles. The van der Waals surface area contributed by atoms with E-state index in [1.54, 1.807) is 23.1 Å². The molecule has 164 valence electrons. The Morgan fingerprint density at radius 2 is 1.71 bits per heavy atom. The number of sulfonamides is 1. The van der Waals surface area contributed by atoms with Crippen molar-refractivity contribution in [3.8, 4) is 0 Å². The highest BCUT2D eigenvalue weighted by Gasteiger charge is 2.47. The third-order valence-electron chi connectivity index (χ3n) is 5.67. The van der Waals surface area contributed by atoms with Gasteiger partial charge in [-0.2, -0.15) is 0 Å². The highest BCUT2D eigenvalue weighted by Crippen LogP contribution is 2.44. The number of carbonyl (C=O) groups excluding carboxylic acids is 2. The molecule has 0 saturated carbocycles. The lowest BCUT2D eigenvalue weighted by Crippen LogP contribution is -2.46. The van der Waals surface area contributed by atoms with Crippen molar-refractivity contribution in [1.29, 1.82) is 0 Å². The van der Waals surface area contributed by atoms with Gasteiger partial charge in [0.25, 0.3) is 0 Å². The Morgan fingerprint density at radius 3 is 2.39 bits per heavy atom. The lowest BCUT2D eigenvalue weighted by atomic mass is 9.83. The zero-order chi connectivity index (χ0) is 22.2. The maximum atomic E-state index is 12.6. The summed E-state index contributed by atoms with van der Waals surface area (Å²) >= 11 is 11.9. The highest BCUT2D eigenvalue weighted by molar-refractivity contribution is 7.89. The minimum atomic E-state index is -3.95. The topological polar surface area (TPSA) is 92.8 Å². The summed E-state index contributed by atoms with van der Waals surface area (Å²) in [4.78, 5) is 26.2. The van der Waals surface area contributed by atoms with Gasteiger partial charge in [0.05, 0.1) is 15.6 Å². The number of ether oxygens (including phenoxy) is 1. The van der Waals surface area contributed by atoms with Gasteiger partial charge in [0, 0.05) is 44.5 Å². The quantitative estimate of drug-likeness (QED) is 0.659. The fourth-order valence-electron chi connectivity index (χ4n) is 4.10. The number of amides is 1. The number of hydrogen-bond acceptors (Lipinski definition) is 5. The summed E-state index contributed by atoms with van der Waals surface area (Å²) in [5.41, 5.74) is 0.763. The predicted molar refractivity (Wildman–Crippen MR) is 116 cm³/mol. The van der Waals surface area contributed by atoms with Gasteiger partial charge in [-0.3, -0.25) is 4.79 Å². The second kappa shape index (κ2) is 8.43. The normalized spacial score (nSPS) is 17.5. The fraction of sp³-hybridized carbons (Fsp3) is 0.333. The first-order chi connectivity index (χ1) is 14.7. The number of nitrogens with one attached hydrogen (secondary N) is 1. The van der Waals surface area contributed by atoms with Crippen molar-refractivity contribution in [2.45, 2.75) is 29.8 Å². The molecule has 2 aliphatic rings. The Hall–Kier alpha value is -2.13. The van der Waals surface area contributed by atoms with Gasteiger partial charge >= 0.3 is 5.97 Å². The number of likely N-dealkylation sites (tertiary alicyclic amines) is 1. The molecule has 0 unspecified atom stereocenters. The summed E-state index contributed by atoms with van der Waals surface area (Å²) < 4.78 is 33.1. The number of hydrogen-bond donors (Lipinski definition) is 1. The number of carbonyl (C=O) groups is 2. The van der Waals surface area contributed by atoms with E-state index in [1.807, 2.05) is 12.1 Å². The van der Waals surface area contributed by atoms with E-state index in [2.05, 4.69) is 4.72 Å². The van der Waals surface area contributed by atoms with Crippen molar-refractivity contribution < 1.29 is 22.7 Å². The molecule has 0 radical (unpaired) electrons. The first-order valence-electron chi connectivity index (χ1n) is 9.78. The van der Waals surface area contributed by atoms with E-state index in [0.29, 0.717) is 31.5 Å². The van der Waals surface area contributed by atoms with Crippen LogP contribution in [0.1, 0.15) is 35.2 Å². The van der Waals surface area contributed by atoms with Crippen LogP contribution in [0.2, 0.25) is 10.0 Å². The largest absolute Gasteiger partial charge is 0.450 e. The molecule has 2 heterocycles. The first kappa shape index (κ1) is 22.1. The molecule has 1 amide bonds. The number of nitrogens with zero attached hydrogens (tertiary/aromatic N) is 1. The maximum absolute atomic E-state index is 12.6. The van der Waals surface area contributed by atoms with Gasteiger partial charge in [-0.05, 0) is 18.2 Å². The Morgan fingerprint density at radius 1 is 1.06 bits per heavy atom. The maximum Gasteiger partial charge on any atom is 0.339 e. The summed E-state index contributed by atoms with van der Waals surface area (Å²) in [5, 5.41) is 0.0260. The number of esters is 1. The Balaban J connectivity index is 1.34. The molecule has 1 saturated heterocycles. The Labute approximate surface area is 190 Å². The van der Waals surface area contributed by atoms with Crippen LogP contribution >= 0.6 is 23.2 Å². The number of rotatable bonds is 5. The fourth-order valence-corrected chi connectivity index (χ4v) is 6.27. The van der Waals surface area contributed by atoms with Crippen molar-refractivity contribution in [1.82, 2.24) is 9.62 Å². The number of piperidine rings is 1. The zero-order valence-corrected chi connectivity index (χ0v) is 18.8. The molecule has 7 nitrogen and oxygen atoms in total. The monoisotopic (exact) mass is 482 g/mol. The van der Waals surface area contributed by atoms with Crippen molar-refractivity contribution >= 4 is 45.1 Å². The summed E-state index contributed by atoms with van der Waals surface area (Å²) in [6, 6.07) is 11.7. The van der Waals surface area contributed by atoms with E-state index in [9.17, 15) is 18.0 Å². The van der Waals surface area contributed by atoms with E-state index in [1.165, 1.54) is 12.1 Å². The molecule has 4 rings (SSSR count). The molecule has 1 fully saturated rings. The predicted octanol–water partition coefficient (Wildman–Crippen LogP) is 3.35. The minimum absolute atomic E-state index is 0.00925. The summed E-state index contributed by atoms with van der Waals surface area (Å²) in [6.45, 7) is 0.759. The molecule has 0 aliphatic carbocycles. The van der Waals surface area contributed by atoms with Crippen LogP contribution in [0.3, 0.4) is 0 Å². The standard InChI is InChI=1S/C21H20Cl2N2O5S/c22-16-6-3-7-17(23)19(16)31(28,29)24-11-8-18(26)25-12-9-21(10-13-25)15-5-2-1-4-14(15)20(27)30-21/h1-7,24H,8-13H2. The smallest absolute Gasteiger partial charge is 0.339 e. The van der Waals surface area contributed by atoms with Gasteiger partial charge in [0.15, 0.2) is 0 Å². The van der Waals surface area contributed by atoms with Crippen LogP contribution in [0.15, 0.2) is 47.4 Å². The van der Waals surface area contributed by atoms with E-state index < -0.39 is 15.6 Å². The first-order valence-corrected chi connectivity index (χ1v) is 12.0. The lowest BCUT2D eigenvalue weighted by molar-refractivity contribution is -0.135. The molecule has 2 aromatic rings. The second-order valence-electron chi connectivity index (χ2n) is 7.51. The molecule has 0 bridgehead atoms. The third kappa shape index (κ3) is 4.17. The average Bonchev–Trinajstić information content (AvgIpc) is 3.00. The van der Waals surface area contributed by atoms with Crippen molar-refractivity contribution in [2.75, 3.05) is 19.6 Å². The lowest BCUT2D eigenvalue weighted by Gasteiger charge is -2.38. The molecular weight excluding hydrogens is 463 g/mol. The molecule has 2 aliphatic heterocycles. The van der Waals surface area contributed by atoms with Crippen molar-refractivity contribution in [3.63, 3.8) is 0 Å². The Kier molecular flexibility index (Phi) is 6.00. The van der Waals surface area contributed by atoms with Gasteiger partial charge in [-0.25, -0.2) is 17.9 Å². The van der Waals surface area contributed by atoms with E-state index in [4.69, 9.17) is 27.9 Å². The molecule has 10 heteroatoms. The van der Waals surface area contributed by atoms with Gasteiger partial charge in [-0.15, -0.1) is 0 Å². The average molecular weight is 483 g/mol. The minimum Gasteiger partial charge on any atom is -0.450 e. The van der Waals surface area contributed by atoms with E-state index >= 15 is 0 Å².